The number of pyridine rings is 1. The molecule has 244 valence electrons. The van der Waals surface area contributed by atoms with Gasteiger partial charge >= 0.3 is 0 Å². The number of amides is 1. The molecule has 1 aliphatic heterocycles. The number of carbonyl (C=O) groups is 1. The summed E-state index contributed by atoms with van der Waals surface area (Å²) in [7, 11) is 0.293. The van der Waals surface area contributed by atoms with Gasteiger partial charge < -0.3 is 24.9 Å². The number of nitrogens with one attached hydrogen (secondary N) is 2. The molecule has 3 heterocycles. The van der Waals surface area contributed by atoms with Gasteiger partial charge in [0.05, 0.1) is 11.4 Å². The van der Waals surface area contributed by atoms with E-state index in [0.717, 1.165) is 38.4 Å². The minimum Gasteiger partial charge on any atom is -0.417 e. The Labute approximate surface area is 276 Å². The second-order valence-electron chi connectivity index (χ2n) is 12.9. The number of anilines is 3. The van der Waals surface area contributed by atoms with Crippen LogP contribution >= 0.6 is 23.4 Å². The number of hydrogen-bond donors (Lipinski definition) is 2. The molecule has 0 radical (unpaired) electrons. The molecule has 1 aliphatic rings. The molecule has 9 nitrogen and oxygen atoms in total. The largest absolute Gasteiger partial charge is 0.417 e. The quantitative estimate of drug-likeness (QED) is 0.111. The van der Waals surface area contributed by atoms with Crippen LogP contribution in [0, 0.1) is 5.82 Å². The molecule has 45 heavy (non-hydrogen) atoms. The fourth-order valence-electron chi connectivity index (χ4n) is 4.44. The number of halogens is 2. The van der Waals surface area contributed by atoms with Gasteiger partial charge in [-0.3, -0.25) is 4.79 Å². The van der Waals surface area contributed by atoms with Crippen LogP contribution in [0.5, 0.6) is 0 Å². The maximum atomic E-state index is 14.7. The fraction of sp³-hybridized carbons (Fsp3) is 0.500. The number of aromatic nitrogens is 3. The maximum Gasteiger partial charge on any atom is 0.226 e. The van der Waals surface area contributed by atoms with Crippen LogP contribution in [-0.2, 0) is 9.22 Å². The lowest BCUT2D eigenvalue weighted by atomic mass is 10.1. The zero-order valence-corrected chi connectivity index (χ0v) is 29.7. The van der Waals surface area contributed by atoms with Crippen molar-refractivity contribution in [1.82, 2.24) is 25.0 Å². The molecular weight excluding hydrogens is 629 g/mol. The van der Waals surface area contributed by atoms with Crippen molar-refractivity contribution < 1.29 is 13.6 Å². The van der Waals surface area contributed by atoms with Gasteiger partial charge in [0.1, 0.15) is 16.7 Å². The number of nitrogens with zero attached hydrogens (tertiary/aromatic N) is 5. The normalized spacial score (nSPS) is 14.8. The van der Waals surface area contributed by atoms with Crippen LogP contribution in [0.4, 0.5) is 21.6 Å². The fourth-order valence-corrected chi connectivity index (χ4v) is 6.52. The highest BCUT2D eigenvalue weighted by Crippen LogP contribution is 2.37. The first-order valence-electron chi connectivity index (χ1n) is 15.3. The van der Waals surface area contributed by atoms with Gasteiger partial charge in [-0.25, -0.2) is 9.37 Å². The van der Waals surface area contributed by atoms with Crippen molar-refractivity contribution in [2.24, 2.45) is 0 Å². The number of carbonyl (C=O) groups excluding carboxylic acids is 1. The summed E-state index contributed by atoms with van der Waals surface area (Å²) in [6, 6.07) is 9.71. The average molecular weight is 674 g/mol. The van der Waals surface area contributed by atoms with Gasteiger partial charge in [-0.05, 0) is 61.9 Å². The summed E-state index contributed by atoms with van der Waals surface area (Å²) < 4.78 is 21.1. The third-order valence-electron chi connectivity index (χ3n) is 8.32. The van der Waals surface area contributed by atoms with E-state index in [1.165, 1.54) is 18.2 Å². The smallest absolute Gasteiger partial charge is 0.226 e. The van der Waals surface area contributed by atoms with Crippen LogP contribution in [0.2, 0.25) is 23.2 Å². The first-order chi connectivity index (χ1) is 21.3. The summed E-state index contributed by atoms with van der Waals surface area (Å²) in [4.78, 5) is 21.6. The zero-order valence-electron chi connectivity index (χ0n) is 27.1. The molecule has 2 aromatic heterocycles. The molecule has 0 atom stereocenters. The van der Waals surface area contributed by atoms with E-state index in [4.69, 9.17) is 16.0 Å². The predicted molar refractivity (Wildman–Crippen MR) is 186 cm³/mol. The van der Waals surface area contributed by atoms with Gasteiger partial charge in [0.2, 0.25) is 5.91 Å². The molecule has 2 N–H and O–H groups in total. The second-order valence-corrected chi connectivity index (χ2v) is 19.2. The monoisotopic (exact) mass is 673 g/mol. The number of thioether (sulfide) groups is 1. The van der Waals surface area contributed by atoms with Crippen LogP contribution in [0.15, 0.2) is 47.6 Å². The zero-order chi connectivity index (χ0) is 32.6. The highest BCUT2D eigenvalue weighted by molar-refractivity contribution is 7.99. The highest BCUT2D eigenvalue weighted by Gasteiger charge is 2.36. The van der Waals surface area contributed by atoms with Crippen molar-refractivity contribution in [1.29, 1.82) is 0 Å². The molecule has 1 amide bonds. The van der Waals surface area contributed by atoms with Crippen molar-refractivity contribution in [2.75, 3.05) is 62.8 Å². The first-order valence-corrected chi connectivity index (χ1v) is 19.6. The minimum absolute atomic E-state index is 0.0842. The molecule has 0 saturated carbocycles. The Bertz CT molecular complexity index is 1450. The van der Waals surface area contributed by atoms with Crippen LogP contribution in [0.25, 0.3) is 11.3 Å². The van der Waals surface area contributed by atoms with Gasteiger partial charge in [-0.1, -0.05) is 32.4 Å². The third kappa shape index (κ3) is 10.4. The van der Waals surface area contributed by atoms with Crippen molar-refractivity contribution in [3.8, 4) is 11.3 Å². The van der Waals surface area contributed by atoms with Gasteiger partial charge in [0.15, 0.2) is 8.32 Å². The van der Waals surface area contributed by atoms with Crippen molar-refractivity contribution in [2.45, 2.75) is 56.8 Å². The van der Waals surface area contributed by atoms with E-state index < -0.39 is 14.1 Å². The first kappa shape index (κ1) is 35.2. The molecule has 0 unspecified atom stereocenters. The maximum absolute atomic E-state index is 14.7. The molecule has 0 aliphatic carbocycles. The molecule has 1 saturated heterocycles. The molecular formula is C32H45ClFN7O2SSi. The van der Waals surface area contributed by atoms with E-state index in [-0.39, 0.29) is 16.5 Å². The second kappa shape index (κ2) is 15.8. The van der Waals surface area contributed by atoms with Crippen LogP contribution < -0.4 is 10.6 Å². The summed E-state index contributed by atoms with van der Waals surface area (Å²) in [5, 5.41) is 16.3. The Morgan fingerprint density at radius 2 is 1.87 bits per heavy atom. The van der Waals surface area contributed by atoms with Crippen molar-refractivity contribution >= 4 is 54.8 Å². The number of hydrogen-bond acceptors (Lipinski definition) is 9. The summed E-state index contributed by atoms with van der Waals surface area (Å²) in [6.07, 6.45) is 2.88. The Hall–Kier alpha value is -2.61. The predicted octanol–water partition coefficient (Wildman–Crippen LogP) is 7.15. The van der Waals surface area contributed by atoms with Crippen LogP contribution in [0.3, 0.4) is 0 Å². The number of rotatable bonds is 13. The van der Waals surface area contributed by atoms with Gasteiger partial charge in [-0.2, -0.15) is 0 Å². The van der Waals surface area contributed by atoms with E-state index >= 15 is 0 Å². The van der Waals surface area contributed by atoms with E-state index in [2.05, 4.69) is 76.5 Å². The topological polar surface area (TPSA) is 95.5 Å². The standard InChI is InChI=1S/C32H45ClFN7O2SSi/c1-32(2,3)45(5,6)43-18-7-19-44-31-28(22-27(38-39-31)25-20-23(33)8-9-26(25)34)36-24-10-12-35-29(21-24)37-30(42)11-13-41-16-14-40(4)15-17-41/h8-10,12,20-22H,7,11,13-19H2,1-6H3,(H2,35,36,37,38,42). The SMILES string of the molecule is CN1CCN(CCC(=O)Nc2cc(Nc3cc(-c4cc(Cl)ccc4F)nnc3SCCCO[Si](C)(C)C(C)(C)C)ccn2)CC1. The summed E-state index contributed by atoms with van der Waals surface area (Å²) in [5.74, 6) is 0.698. The Balaban J connectivity index is 1.45. The van der Waals surface area contributed by atoms with Crippen molar-refractivity contribution in [3.05, 3.63) is 53.4 Å². The summed E-state index contributed by atoms with van der Waals surface area (Å²) in [6.45, 7) is 16.5. The summed E-state index contributed by atoms with van der Waals surface area (Å²) >= 11 is 7.72. The third-order valence-corrected chi connectivity index (χ3v) is 14.2. The van der Waals surface area contributed by atoms with Gasteiger partial charge in [0.25, 0.3) is 0 Å². The van der Waals surface area contributed by atoms with Crippen LogP contribution in [0.1, 0.15) is 33.6 Å². The number of benzene rings is 1. The Morgan fingerprint density at radius 1 is 1.11 bits per heavy atom. The lowest BCUT2D eigenvalue weighted by Gasteiger charge is -2.36. The lowest BCUT2D eigenvalue weighted by molar-refractivity contribution is -0.116. The minimum atomic E-state index is -1.82. The highest BCUT2D eigenvalue weighted by atomic mass is 35.5. The lowest BCUT2D eigenvalue weighted by Crippen LogP contribution is -2.45. The number of piperazine rings is 1. The van der Waals surface area contributed by atoms with Gasteiger partial charge in [-0.15, -0.1) is 22.0 Å². The van der Waals surface area contributed by atoms with Crippen LogP contribution in [-0.4, -0.2) is 91.3 Å². The van der Waals surface area contributed by atoms with E-state index in [1.54, 1.807) is 36.2 Å². The molecule has 13 heteroatoms. The molecule has 0 spiro atoms. The average Bonchev–Trinajstić information content (AvgIpc) is 2.98. The molecule has 3 aromatic rings. The molecule has 1 fully saturated rings. The van der Waals surface area contributed by atoms with Gasteiger partial charge in [0, 0.05) is 80.0 Å². The Kier molecular flexibility index (Phi) is 12.4. The van der Waals surface area contributed by atoms with E-state index in [0.29, 0.717) is 52.5 Å². The van der Waals surface area contributed by atoms with Crippen molar-refractivity contribution in [3.63, 3.8) is 0 Å². The summed E-state index contributed by atoms with van der Waals surface area (Å²) in [5.41, 5.74) is 1.98. The Morgan fingerprint density at radius 3 is 2.60 bits per heavy atom. The molecule has 4 rings (SSSR count). The van der Waals surface area contributed by atoms with E-state index in [1.807, 2.05) is 0 Å². The molecule has 1 aromatic carbocycles. The van der Waals surface area contributed by atoms with E-state index in [9.17, 15) is 9.18 Å². The number of likely N-dealkylation sites (N-methyl/N-ethyl adjacent to an activating group) is 1. The molecule has 0 bridgehead atoms.